The van der Waals surface area contributed by atoms with E-state index in [0.29, 0.717) is 6.42 Å². The number of nitrogens with zero attached hydrogens (tertiary/aromatic N) is 2. The molecule has 0 aliphatic carbocycles. The second kappa shape index (κ2) is 6.11. The van der Waals surface area contributed by atoms with Crippen molar-refractivity contribution in [2.75, 3.05) is 34.2 Å². The lowest BCUT2D eigenvalue weighted by Gasteiger charge is -2.23. The molecule has 15 heavy (non-hydrogen) atoms. The minimum atomic E-state index is 0.0902. The van der Waals surface area contributed by atoms with Crippen LogP contribution in [0.4, 0.5) is 0 Å². The van der Waals surface area contributed by atoms with Crippen LogP contribution in [-0.4, -0.2) is 49.9 Å². The fourth-order valence-corrected chi connectivity index (χ4v) is 1.34. The van der Waals surface area contributed by atoms with Gasteiger partial charge in [-0.1, -0.05) is 20.8 Å². The summed E-state index contributed by atoms with van der Waals surface area (Å²) in [6.45, 7) is 8.18. The maximum atomic E-state index is 11.7. The molecule has 0 aliphatic rings. The van der Waals surface area contributed by atoms with E-state index in [1.807, 2.05) is 11.9 Å². The smallest absolute Gasteiger partial charge is 0.222 e. The number of rotatable bonds is 5. The highest BCUT2D eigenvalue weighted by molar-refractivity contribution is 5.76. The molecule has 0 rings (SSSR count). The minimum Gasteiger partial charge on any atom is -0.346 e. The highest BCUT2D eigenvalue weighted by Gasteiger charge is 2.18. The maximum Gasteiger partial charge on any atom is 0.222 e. The maximum absolute atomic E-state index is 11.7. The van der Waals surface area contributed by atoms with Gasteiger partial charge in [0.1, 0.15) is 0 Å². The van der Waals surface area contributed by atoms with Gasteiger partial charge in [-0.2, -0.15) is 0 Å². The number of hydrogen-bond donors (Lipinski definition) is 0. The van der Waals surface area contributed by atoms with E-state index in [-0.39, 0.29) is 11.3 Å². The zero-order chi connectivity index (χ0) is 12.1. The van der Waals surface area contributed by atoms with E-state index in [1.54, 1.807) is 0 Å². The molecule has 0 atom stereocenters. The molecule has 0 saturated heterocycles. The van der Waals surface area contributed by atoms with Crippen molar-refractivity contribution < 1.29 is 4.79 Å². The van der Waals surface area contributed by atoms with Crippen molar-refractivity contribution in [1.82, 2.24) is 9.80 Å². The number of carbonyl (C=O) groups excluding carboxylic acids is 1. The van der Waals surface area contributed by atoms with Gasteiger partial charge in [0.2, 0.25) is 5.91 Å². The third-order valence-electron chi connectivity index (χ3n) is 2.21. The molecule has 0 aliphatic heterocycles. The summed E-state index contributed by atoms with van der Waals surface area (Å²) in [6, 6.07) is 0. The molecule has 3 nitrogen and oxygen atoms in total. The normalized spacial score (nSPS) is 11.9. The minimum absolute atomic E-state index is 0.0902. The van der Waals surface area contributed by atoms with Gasteiger partial charge in [0, 0.05) is 20.0 Å². The molecule has 0 bridgehead atoms. The summed E-state index contributed by atoms with van der Waals surface area (Å²) < 4.78 is 0. The largest absolute Gasteiger partial charge is 0.346 e. The molecule has 3 heteroatoms. The first-order chi connectivity index (χ1) is 6.72. The molecule has 0 aromatic carbocycles. The Morgan fingerprint density at radius 2 is 1.60 bits per heavy atom. The zero-order valence-corrected chi connectivity index (χ0v) is 11.1. The highest BCUT2D eigenvalue weighted by atomic mass is 16.2. The summed E-state index contributed by atoms with van der Waals surface area (Å²) in [5.41, 5.74) is 0.0902. The van der Waals surface area contributed by atoms with Gasteiger partial charge in [0.25, 0.3) is 0 Å². The van der Waals surface area contributed by atoms with Gasteiger partial charge in [-0.3, -0.25) is 4.79 Å². The molecular weight excluding hydrogens is 188 g/mol. The van der Waals surface area contributed by atoms with Gasteiger partial charge >= 0.3 is 0 Å². The lowest BCUT2D eigenvalue weighted by molar-refractivity contribution is -0.131. The first kappa shape index (κ1) is 14.4. The summed E-state index contributed by atoms with van der Waals surface area (Å²) in [5, 5.41) is 0. The third-order valence-corrected chi connectivity index (χ3v) is 2.21. The Bertz CT molecular complexity index is 194. The molecule has 0 N–H and O–H groups in total. The van der Waals surface area contributed by atoms with Crippen LogP contribution in [0.25, 0.3) is 0 Å². The summed E-state index contributed by atoms with van der Waals surface area (Å²) in [4.78, 5) is 15.7. The van der Waals surface area contributed by atoms with Crippen LogP contribution in [0, 0.1) is 5.41 Å². The van der Waals surface area contributed by atoms with E-state index in [2.05, 4.69) is 39.8 Å². The van der Waals surface area contributed by atoms with Gasteiger partial charge < -0.3 is 9.80 Å². The third kappa shape index (κ3) is 8.43. The molecule has 1 amide bonds. The Labute approximate surface area is 94.4 Å². The Hall–Kier alpha value is -0.570. The van der Waals surface area contributed by atoms with Crippen LogP contribution in [0.3, 0.4) is 0 Å². The van der Waals surface area contributed by atoms with Crippen LogP contribution >= 0.6 is 0 Å². The van der Waals surface area contributed by atoms with Gasteiger partial charge in [-0.15, -0.1) is 0 Å². The standard InChI is InChI=1S/C12H26N2O/c1-12(2,3)10-11(15)14(6)9-7-8-13(4)5/h7-10H2,1-6H3. The van der Waals surface area contributed by atoms with Crippen molar-refractivity contribution in [1.29, 1.82) is 0 Å². The van der Waals surface area contributed by atoms with Crippen LogP contribution in [-0.2, 0) is 4.79 Å². The average Bonchev–Trinajstić information content (AvgIpc) is 1.99. The SMILES string of the molecule is CN(C)CCCN(C)C(=O)CC(C)(C)C. The number of amides is 1. The van der Waals surface area contributed by atoms with Gasteiger partial charge in [-0.05, 0) is 32.5 Å². The van der Waals surface area contributed by atoms with E-state index < -0.39 is 0 Å². The first-order valence-corrected chi connectivity index (χ1v) is 5.61. The molecule has 0 unspecified atom stereocenters. The zero-order valence-electron chi connectivity index (χ0n) is 11.1. The lowest BCUT2D eigenvalue weighted by Crippen LogP contribution is -2.32. The quantitative estimate of drug-likeness (QED) is 0.697. The summed E-state index contributed by atoms with van der Waals surface area (Å²) in [6.07, 6.45) is 1.67. The van der Waals surface area contributed by atoms with E-state index >= 15 is 0 Å². The summed E-state index contributed by atoms with van der Waals surface area (Å²) in [7, 11) is 6.00. The van der Waals surface area contributed by atoms with Crippen LogP contribution in [0.2, 0.25) is 0 Å². The first-order valence-electron chi connectivity index (χ1n) is 5.61. The Kier molecular flexibility index (Phi) is 5.88. The molecule has 0 spiro atoms. The highest BCUT2D eigenvalue weighted by Crippen LogP contribution is 2.19. The van der Waals surface area contributed by atoms with Crippen molar-refractivity contribution in [3.05, 3.63) is 0 Å². The topological polar surface area (TPSA) is 23.6 Å². The number of carbonyl (C=O) groups is 1. The molecular formula is C12H26N2O. The van der Waals surface area contributed by atoms with Crippen LogP contribution < -0.4 is 0 Å². The molecule has 0 aromatic heterocycles. The van der Waals surface area contributed by atoms with E-state index in [0.717, 1.165) is 19.5 Å². The average molecular weight is 214 g/mol. The van der Waals surface area contributed by atoms with Gasteiger partial charge in [0.05, 0.1) is 0 Å². The Morgan fingerprint density at radius 1 is 1.07 bits per heavy atom. The lowest BCUT2D eigenvalue weighted by atomic mass is 9.92. The van der Waals surface area contributed by atoms with E-state index in [4.69, 9.17) is 0 Å². The second-order valence-electron chi connectivity index (χ2n) is 5.71. The van der Waals surface area contributed by atoms with Crippen LogP contribution in [0.1, 0.15) is 33.6 Å². The summed E-state index contributed by atoms with van der Waals surface area (Å²) >= 11 is 0. The summed E-state index contributed by atoms with van der Waals surface area (Å²) in [5.74, 6) is 0.251. The van der Waals surface area contributed by atoms with Crippen molar-refractivity contribution in [3.63, 3.8) is 0 Å². The molecule has 0 saturated carbocycles. The predicted molar refractivity (Wildman–Crippen MR) is 64.9 cm³/mol. The Morgan fingerprint density at radius 3 is 2.00 bits per heavy atom. The molecule has 0 heterocycles. The monoisotopic (exact) mass is 214 g/mol. The Balaban J connectivity index is 3.80. The van der Waals surface area contributed by atoms with Crippen LogP contribution in [0.15, 0.2) is 0 Å². The van der Waals surface area contributed by atoms with Crippen molar-refractivity contribution >= 4 is 5.91 Å². The second-order valence-corrected chi connectivity index (χ2v) is 5.71. The molecule has 0 radical (unpaired) electrons. The van der Waals surface area contributed by atoms with Crippen LogP contribution in [0.5, 0.6) is 0 Å². The fraction of sp³-hybridized carbons (Fsp3) is 0.917. The van der Waals surface area contributed by atoms with Crippen molar-refractivity contribution in [2.45, 2.75) is 33.6 Å². The van der Waals surface area contributed by atoms with Gasteiger partial charge in [-0.25, -0.2) is 0 Å². The van der Waals surface area contributed by atoms with E-state index in [1.165, 1.54) is 0 Å². The molecule has 0 fully saturated rings. The van der Waals surface area contributed by atoms with E-state index in [9.17, 15) is 4.79 Å². The predicted octanol–water partition coefficient (Wildman–Crippen LogP) is 1.83. The van der Waals surface area contributed by atoms with Crippen molar-refractivity contribution in [3.8, 4) is 0 Å². The fourth-order valence-electron chi connectivity index (χ4n) is 1.34. The van der Waals surface area contributed by atoms with Gasteiger partial charge in [0.15, 0.2) is 0 Å². The molecule has 90 valence electrons. The molecule has 0 aromatic rings. The van der Waals surface area contributed by atoms with Crippen molar-refractivity contribution in [2.24, 2.45) is 5.41 Å². The number of hydrogen-bond acceptors (Lipinski definition) is 2.